The van der Waals surface area contributed by atoms with Crippen LogP contribution in [-0.4, -0.2) is 12.1 Å². The molecule has 0 bridgehead atoms. The predicted octanol–water partition coefficient (Wildman–Crippen LogP) is 2.73. The number of hydrogen-bond acceptors (Lipinski definition) is 4. The minimum atomic E-state index is -0.292. The van der Waals surface area contributed by atoms with E-state index < -0.39 is 0 Å². The second-order valence-electron chi connectivity index (χ2n) is 4.24. The monoisotopic (exact) mass is 261 g/mol. The summed E-state index contributed by atoms with van der Waals surface area (Å²) in [6.45, 7) is 2.34. The number of rotatable bonds is 4. The molecule has 2 rings (SSSR count). The lowest BCUT2D eigenvalue weighted by Crippen LogP contribution is -2.05. The van der Waals surface area contributed by atoms with Crippen molar-refractivity contribution in [2.75, 3.05) is 18.2 Å². The van der Waals surface area contributed by atoms with E-state index in [0.717, 1.165) is 16.9 Å². The van der Waals surface area contributed by atoms with Crippen LogP contribution in [0.15, 0.2) is 30.5 Å². The Labute approximate surface area is 111 Å². The van der Waals surface area contributed by atoms with Crippen LogP contribution in [0.5, 0.6) is 5.75 Å². The molecule has 4 nitrogen and oxygen atoms in total. The van der Waals surface area contributed by atoms with Crippen molar-refractivity contribution in [1.82, 2.24) is 4.98 Å². The van der Waals surface area contributed by atoms with E-state index in [9.17, 15) is 4.39 Å². The van der Waals surface area contributed by atoms with E-state index in [1.54, 1.807) is 19.4 Å². The molecular formula is C14H16FN3O. The van der Waals surface area contributed by atoms with E-state index >= 15 is 0 Å². The van der Waals surface area contributed by atoms with Gasteiger partial charge in [-0.3, -0.25) is 0 Å². The normalized spacial score (nSPS) is 10.3. The Kier molecular flexibility index (Phi) is 3.85. The average Bonchev–Trinajstić information content (AvgIpc) is 2.38. The van der Waals surface area contributed by atoms with Crippen LogP contribution in [0.25, 0.3) is 0 Å². The highest BCUT2D eigenvalue weighted by Gasteiger charge is 2.06. The van der Waals surface area contributed by atoms with Gasteiger partial charge in [-0.05, 0) is 36.8 Å². The molecule has 0 amide bonds. The molecule has 1 aromatic carbocycles. The third-order valence-electron chi connectivity index (χ3n) is 2.79. The molecule has 19 heavy (non-hydrogen) atoms. The molecule has 0 saturated heterocycles. The van der Waals surface area contributed by atoms with Crippen LogP contribution < -0.4 is 15.8 Å². The van der Waals surface area contributed by atoms with E-state index in [2.05, 4.69) is 10.3 Å². The second-order valence-corrected chi connectivity index (χ2v) is 4.24. The minimum Gasteiger partial charge on any atom is -0.496 e. The van der Waals surface area contributed by atoms with E-state index in [0.29, 0.717) is 18.0 Å². The lowest BCUT2D eigenvalue weighted by molar-refractivity contribution is 0.409. The summed E-state index contributed by atoms with van der Waals surface area (Å²) >= 11 is 0. The quantitative estimate of drug-likeness (QED) is 0.888. The molecule has 0 aliphatic carbocycles. The maximum atomic E-state index is 13.2. The van der Waals surface area contributed by atoms with Crippen molar-refractivity contribution in [3.05, 3.63) is 47.4 Å². The molecule has 0 unspecified atom stereocenters. The van der Waals surface area contributed by atoms with Gasteiger partial charge in [-0.25, -0.2) is 9.37 Å². The molecule has 3 N–H and O–H groups in total. The molecule has 0 fully saturated rings. The Morgan fingerprint density at radius 3 is 2.84 bits per heavy atom. The molecule has 2 aromatic rings. The smallest absolute Gasteiger partial charge is 0.129 e. The summed E-state index contributed by atoms with van der Waals surface area (Å²) in [5.74, 6) is 1.07. The van der Waals surface area contributed by atoms with Crippen LogP contribution in [-0.2, 0) is 6.54 Å². The number of aromatic nitrogens is 1. The number of nitrogens with one attached hydrogen (secondary N) is 1. The highest BCUT2D eigenvalue weighted by molar-refractivity contribution is 5.51. The van der Waals surface area contributed by atoms with Crippen molar-refractivity contribution in [3.8, 4) is 5.75 Å². The molecule has 5 heteroatoms. The fourth-order valence-corrected chi connectivity index (χ4v) is 1.85. The number of methoxy groups -OCH3 is 1. The Morgan fingerprint density at radius 1 is 1.37 bits per heavy atom. The van der Waals surface area contributed by atoms with Gasteiger partial charge in [0.1, 0.15) is 17.4 Å². The summed E-state index contributed by atoms with van der Waals surface area (Å²) < 4.78 is 18.4. The zero-order chi connectivity index (χ0) is 13.8. The standard InChI is InChI=1S/C14H16FN3O/c1-9-5-12(16)8-18-14(9)17-7-10-6-11(15)3-4-13(10)19-2/h3-6,8H,7,16H2,1-2H3,(H,17,18). The Hall–Kier alpha value is -2.30. The number of nitrogens with two attached hydrogens (primary N) is 1. The van der Waals surface area contributed by atoms with Crippen molar-refractivity contribution in [3.63, 3.8) is 0 Å². The van der Waals surface area contributed by atoms with Crippen LogP contribution in [0, 0.1) is 12.7 Å². The third kappa shape index (κ3) is 3.13. The van der Waals surface area contributed by atoms with E-state index in [1.165, 1.54) is 12.1 Å². The maximum absolute atomic E-state index is 13.2. The molecule has 0 aliphatic heterocycles. The second kappa shape index (κ2) is 5.56. The van der Waals surface area contributed by atoms with E-state index in [-0.39, 0.29) is 5.82 Å². The summed E-state index contributed by atoms with van der Waals surface area (Å²) in [6.07, 6.45) is 1.58. The van der Waals surface area contributed by atoms with Gasteiger partial charge in [-0.15, -0.1) is 0 Å². The Morgan fingerprint density at radius 2 is 2.16 bits per heavy atom. The van der Waals surface area contributed by atoms with Gasteiger partial charge in [-0.2, -0.15) is 0 Å². The van der Waals surface area contributed by atoms with Crippen molar-refractivity contribution >= 4 is 11.5 Å². The molecular weight excluding hydrogens is 245 g/mol. The van der Waals surface area contributed by atoms with Crippen molar-refractivity contribution < 1.29 is 9.13 Å². The third-order valence-corrected chi connectivity index (χ3v) is 2.79. The van der Waals surface area contributed by atoms with Gasteiger partial charge in [0.2, 0.25) is 0 Å². The van der Waals surface area contributed by atoms with Gasteiger partial charge in [-0.1, -0.05) is 0 Å². The number of nitrogen functional groups attached to an aromatic ring is 1. The fraction of sp³-hybridized carbons (Fsp3) is 0.214. The lowest BCUT2D eigenvalue weighted by atomic mass is 10.2. The number of ether oxygens (including phenoxy) is 1. The lowest BCUT2D eigenvalue weighted by Gasteiger charge is -2.12. The molecule has 1 aromatic heterocycles. The highest BCUT2D eigenvalue weighted by Crippen LogP contribution is 2.21. The van der Waals surface area contributed by atoms with Crippen LogP contribution in [0.2, 0.25) is 0 Å². The van der Waals surface area contributed by atoms with Crippen LogP contribution in [0.3, 0.4) is 0 Å². The number of aryl methyl sites for hydroxylation is 1. The summed E-state index contributed by atoms with van der Waals surface area (Å²) in [4.78, 5) is 4.20. The van der Waals surface area contributed by atoms with Crippen molar-refractivity contribution in [2.24, 2.45) is 0 Å². The van der Waals surface area contributed by atoms with Crippen molar-refractivity contribution in [1.29, 1.82) is 0 Å². The number of anilines is 2. The number of halogens is 1. The summed E-state index contributed by atoms with van der Waals surface area (Å²) in [5, 5.41) is 3.15. The highest BCUT2D eigenvalue weighted by atomic mass is 19.1. The molecule has 0 radical (unpaired) electrons. The largest absolute Gasteiger partial charge is 0.496 e. The number of benzene rings is 1. The first-order valence-corrected chi connectivity index (χ1v) is 5.88. The van der Waals surface area contributed by atoms with E-state index in [1.807, 2.05) is 13.0 Å². The van der Waals surface area contributed by atoms with Gasteiger partial charge in [0, 0.05) is 12.1 Å². The van der Waals surface area contributed by atoms with Crippen LogP contribution >= 0.6 is 0 Å². The number of hydrogen-bond donors (Lipinski definition) is 2. The predicted molar refractivity (Wildman–Crippen MR) is 73.7 cm³/mol. The molecule has 100 valence electrons. The molecule has 0 atom stereocenters. The van der Waals surface area contributed by atoms with Gasteiger partial charge in [0.15, 0.2) is 0 Å². The van der Waals surface area contributed by atoms with Gasteiger partial charge in [0.25, 0.3) is 0 Å². The molecule has 0 spiro atoms. The Bertz CT molecular complexity index is 587. The first-order chi connectivity index (χ1) is 9.10. The summed E-state index contributed by atoms with van der Waals surface area (Å²) in [7, 11) is 1.56. The van der Waals surface area contributed by atoms with Crippen molar-refractivity contribution in [2.45, 2.75) is 13.5 Å². The summed E-state index contributed by atoms with van der Waals surface area (Å²) in [6, 6.07) is 6.25. The van der Waals surface area contributed by atoms with Gasteiger partial charge < -0.3 is 15.8 Å². The molecule has 0 saturated carbocycles. The minimum absolute atomic E-state index is 0.292. The zero-order valence-electron chi connectivity index (χ0n) is 10.9. The topological polar surface area (TPSA) is 60.2 Å². The Balaban J connectivity index is 2.16. The first-order valence-electron chi connectivity index (χ1n) is 5.88. The van der Waals surface area contributed by atoms with Crippen LogP contribution in [0.4, 0.5) is 15.9 Å². The van der Waals surface area contributed by atoms with Crippen LogP contribution in [0.1, 0.15) is 11.1 Å². The van der Waals surface area contributed by atoms with E-state index in [4.69, 9.17) is 10.5 Å². The average molecular weight is 261 g/mol. The number of pyridine rings is 1. The number of nitrogens with zero attached hydrogens (tertiary/aromatic N) is 1. The maximum Gasteiger partial charge on any atom is 0.129 e. The zero-order valence-corrected chi connectivity index (χ0v) is 10.9. The fourth-order valence-electron chi connectivity index (χ4n) is 1.85. The molecule has 1 heterocycles. The summed E-state index contributed by atoms with van der Waals surface area (Å²) in [5.41, 5.74) is 7.93. The van der Waals surface area contributed by atoms with Gasteiger partial charge in [0.05, 0.1) is 19.0 Å². The first kappa shape index (κ1) is 13.1. The molecule has 0 aliphatic rings. The van der Waals surface area contributed by atoms with Gasteiger partial charge >= 0.3 is 0 Å². The SMILES string of the molecule is COc1ccc(F)cc1CNc1ncc(N)cc1C.